The predicted octanol–water partition coefficient (Wildman–Crippen LogP) is 7.08. The number of benzene rings is 2. The quantitative estimate of drug-likeness (QED) is 0.289. The molecule has 172 valence electrons. The lowest BCUT2D eigenvalue weighted by atomic mass is 9.86. The Balaban J connectivity index is 1.59. The van der Waals surface area contributed by atoms with E-state index in [1.54, 1.807) is 6.07 Å². The van der Waals surface area contributed by atoms with Gasteiger partial charge in [-0.15, -0.1) is 0 Å². The largest absolute Gasteiger partial charge is 0.435 e. The Morgan fingerprint density at radius 3 is 2.38 bits per heavy atom. The summed E-state index contributed by atoms with van der Waals surface area (Å²) in [6.45, 7) is 4.85. The highest BCUT2D eigenvalue weighted by atomic mass is 127. The number of aryl methyl sites for hydroxylation is 1. The molecule has 0 aliphatic carbocycles. The lowest BCUT2D eigenvalue weighted by Crippen LogP contribution is -2.52. The second kappa shape index (κ2) is 8.83. The molecule has 0 radical (unpaired) electrons. The number of hydrogen-bond donors (Lipinski definition) is 1. The van der Waals surface area contributed by atoms with Crippen LogP contribution < -0.4 is 5.32 Å². The third-order valence-electron chi connectivity index (χ3n) is 5.86. The van der Waals surface area contributed by atoms with Crippen LogP contribution in [0.1, 0.15) is 35.6 Å². The van der Waals surface area contributed by atoms with E-state index in [2.05, 4.69) is 17.4 Å². The monoisotopic (exact) mass is 614 g/mol. The van der Waals surface area contributed by atoms with Crippen LogP contribution in [0.5, 0.6) is 0 Å². The fraction of sp³-hybridized carbons (Fsp3) is 0.409. The number of nitrogens with one attached hydrogen (secondary N) is 1. The SMILES string of the molecule is Cc1cc(C2=NOC(c3cc(Cl)c(I)c(Cl)c3)(C(F)(F)F)C2)ccc1CNC1(C)CSC1. The first-order chi connectivity index (χ1) is 14.9. The number of halogens is 6. The maximum atomic E-state index is 14.3. The van der Waals surface area contributed by atoms with Gasteiger partial charge in [0.05, 0.1) is 19.3 Å². The van der Waals surface area contributed by atoms with Crippen LogP contribution in [0.25, 0.3) is 0 Å². The molecule has 1 saturated heterocycles. The molecule has 10 heteroatoms. The van der Waals surface area contributed by atoms with E-state index in [-0.39, 0.29) is 26.9 Å². The first kappa shape index (κ1) is 24.4. The van der Waals surface area contributed by atoms with E-state index in [9.17, 15) is 13.2 Å². The summed E-state index contributed by atoms with van der Waals surface area (Å²) in [5.74, 6) is 2.15. The summed E-state index contributed by atoms with van der Waals surface area (Å²) in [5.41, 5.74) is 0.265. The molecule has 3 nitrogen and oxygen atoms in total. The van der Waals surface area contributed by atoms with Gasteiger partial charge in [0.15, 0.2) is 0 Å². The van der Waals surface area contributed by atoms with E-state index in [4.69, 9.17) is 28.0 Å². The molecule has 2 aliphatic rings. The van der Waals surface area contributed by atoms with E-state index < -0.39 is 18.2 Å². The molecule has 2 aliphatic heterocycles. The Morgan fingerprint density at radius 2 is 1.84 bits per heavy atom. The number of alkyl halides is 3. The van der Waals surface area contributed by atoms with E-state index in [1.165, 1.54) is 12.1 Å². The summed E-state index contributed by atoms with van der Waals surface area (Å²) in [6.07, 6.45) is -5.18. The summed E-state index contributed by atoms with van der Waals surface area (Å²) < 4.78 is 43.2. The van der Waals surface area contributed by atoms with Gasteiger partial charge in [0.25, 0.3) is 5.60 Å². The van der Waals surface area contributed by atoms with E-state index >= 15 is 0 Å². The first-order valence-corrected chi connectivity index (χ1v) is 12.8. The van der Waals surface area contributed by atoms with Gasteiger partial charge in [-0.2, -0.15) is 24.9 Å². The van der Waals surface area contributed by atoms with Crippen molar-refractivity contribution in [3.63, 3.8) is 0 Å². The van der Waals surface area contributed by atoms with Gasteiger partial charge in [-0.05, 0) is 71.3 Å². The zero-order valence-electron chi connectivity index (χ0n) is 17.2. The standard InChI is InChI=1S/C22H20Cl2F3IN2OS/c1-12-5-13(3-4-14(12)9-29-20(2)10-32-11-20)18-8-21(31-30-18,22(25,26)27)15-6-16(23)19(28)17(24)7-15/h3-7,29H,8-11H2,1-2H3. The van der Waals surface area contributed by atoms with Crippen molar-refractivity contribution in [1.29, 1.82) is 0 Å². The fourth-order valence-corrected chi connectivity index (χ4v) is 5.56. The van der Waals surface area contributed by atoms with E-state index in [1.807, 2.05) is 53.4 Å². The minimum Gasteiger partial charge on any atom is -0.374 e. The summed E-state index contributed by atoms with van der Waals surface area (Å²) in [6, 6.07) is 8.09. The average molecular weight is 615 g/mol. The topological polar surface area (TPSA) is 33.6 Å². The van der Waals surface area contributed by atoms with E-state index in [0.717, 1.165) is 22.6 Å². The van der Waals surface area contributed by atoms with Gasteiger partial charge >= 0.3 is 6.18 Å². The normalized spacial score (nSPS) is 22.3. The molecule has 1 unspecified atom stereocenters. The number of hydrogen-bond acceptors (Lipinski definition) is 4. The Bertz CT molecular complexity index is 1070. The van der Waals surface area contributed by atoms with Crippen LogP contribution in [0.3, 0.4) is 0 Å². The molecular weight excluding hydrogens is 595 g/mol. The molecule has 0 amide bonds. The molecule has 4 rings (SSSR count). The van der Waals surface area contributed by atoms with Crippen molar-refractivity contribution in [3.8, 4) is 0 Å². The smallest absolute Gasteiger partial charge is 0.374 e. The molecule has 0 bridgehead atoms. The number of oxime groups is 1. The Morgan fingerprint density at radius 1 is 1.19 bits per heavy atom. The molecule has 0 saturated carbocycles. The van der Waals surface area contributed by atoms with Crippen LogP contribution in [0, 0.1) is 10.5 Å². The summed E-state index contributed by atoms with van der Waals surface area (Å²) in [4.78, 5) is 5.12. The summed E-state index contributed by atoms with van der Waals surface area (Å²) in [7, 11) is 0. The Kier molecular flexibility index (Phi) is 6.75. The molecule has 0 spiro atoms. The van der Waals surface area contributed by atoms with Gasteiger partial charge in [-0.3, -0.25) is 0 Å². The van der Waals surface area contributed by atoms with Crippen molar-refractivity contribution in [2.75, 3.05) is 11.5 Å². The highest BCUT2D eigenvalue weighted by molar-refractivity contribution is 14.1. The molecule has 2 heterocycles. The number of nitrogens with zero attached hydrogens (tertiary/aromatic N) is 1. The Labute approximate surface area is 212 Å². The molecule has 1 atom stereocenters. The van der Waals surface area contributed by atoms with Crippen molar-refractivity contribution in [2.24, 2.45) is 5.16 Å². The molecule has 1 N–H and O–H groups in total. The maximum Gasteiger partial charge on any atom is 0.435 e. The lowest BCUT2D eigenvalue weighted by molar-refractivity contribution is -0.275. The van der Waals surface area contributed by atoms with Crippen molar-refractivity contribution in [3.05, 3.63) is 66.2 Å². The minimum atomic E-state index is -4.72. The van der Waals surface area contributed by atoms with Gasteiger partial charge in [0.2, 0.25) is 0 Å². The summed E-state index contributed by atoms with van der Waals surface area (Å²) in [5, 5.41) is 7.69. The third-order valence-corrected chi connectivity index (χ3v) is 9.94. The van der Waals surface area contributed by atoms with Crippen LogP contribution >= 0.6 is 57.6 Å². The van der Waals surface area contributed by atoms with Crippen molar-refractivity contribution in [1.82, 2.24) is 5.32 Å². The van der Waals surface area contributed by atoms with Crippen LogP contribution in [0.4, 0.5) is 13.2 Å². The maximum absolute atomic E-state index is 14.3. The predicted molar refractivity (Wildman–Crippen MR) is 133 cm³/mol. The second-order valence-electron chi connectivity index (χ2n) is 8.43. The zero-order chi connectivity index (χ0) is 23.3. The minimum absolute atomic E-state index is 0.139. The second-order valence-corrected chi connectivity index (χ2v) is 11.3. The zero-order valence-corrected chi connectivity index (χ0v) is 21.7. The van der Waals surface area contributed by atoms with Crippen molar-refractivity contribution < 1.29 is 18.0 Å². The molecule has 32 heavy (non-hydrogen) atoms. The van der Waals surface area contributed by atoms with Gasteiger partial charge < -0.3 is 10.2 Å². The lowest BCUT2D eigenvalue weighted by Gasteiger charge is -2.38. The molecule has 1 fully saturated rings. The van der Waals surface area contributed by atoms with Crippen LogP contribution in [-0.4, -0.2) is 28.9 Å². The van der Waals surface area contributed by atoms with Crippen molar-refractivity contribution >= 4 is 63.3 Å². The molecule has 0 aromatic heterocycles. The van der Waals surface area contributed by atoms with Crippen molar-refractivity contribution in [2.45, 2.75) is 44.1 Å². The molecule has 2 aromatic rings. The first-order valence-electron chi connectivity index (χ1n) is 9.84. The highest BCUT2D eigenvalue weighted by Crippen LogP contribution is 2.50. The molecule has 2 aromatic carbocycles. The molecular formula is C22H20Cl2F3IN2OS. The number of thioether (sulfide) groups is 1. The van der Waals surface area contributed by atoms with Crippen LogP contribution in [-0.2, 0) is 17.0 Å². The van der Waals surface area contributed by atoms with Gasteiger partial charge in [0, 0.05) is 35.6 Å². The highest BCUT2D eigenvalue weighted by Gasteiger charge is 2.62. The fourth-order valence-electron chi connectivity index (χ4n) is 3.74. The number of rotatable bonds is 5. The van der Waals surface area contributed by atoms with Crippen LogP contribution in [0.2, 0.25) is 10.0 Å². The van der Waals surface area contributed by atoms with Gasteiger partial charge in [-0.25, -0.2) is 0 Å². The van der Waals surface area contributed by atoms with E-state index in [0.29, 0.717) is 15.7 Å². The van der Waals surface area contributed by atoms with Crippen LogP contribution in [0.15, 0.2) is 35.5 Å². The Hall–Kier alpha value is -0.680. The van der Waals surface area contributed by atoms with Gasteiger partial charge in [0.1, 0.15) is 0 Å². The third kappa shape index (κ3) is 4.50. The van der Waals surface area contributed by atoms with Gasteiger partial charge in [-0.1, -0.05) is 40.5 Å². The average Bonchev–Trinajstić information content (AvgIpc) is 3.16. The summed E-state index contributed by atoms with van der Waals surface area (Å²) >= 11 is 16.0.